The summed E-state index contributed by atoms with van der Waals surface area (Å²) < 4.78 is 31.7. The Morgan fingerprint density at radius 3 is 2.64 bits per heavy atom. The van der Waals surface area contributed by atoms with E-state index in [4.69, 9.17) is 4.74 Å². The number of carbonyl (C=O) groups excluding carboxylic acids is 2. The summed E-state index contributed by atoms with van der Waals surface area (Å²) in [5.74, 6) is -2.44. The molecule has 1 fully saturated rings. The lowest BCUT2D eigenvalue weighted by atomic mass is 10.1. The number of hydrogen-bond donors (Lipinski definition) is 2. The van der Waals surface area contributed by atoms with Crippen LogP contribution in [-0.4, -0.2) is 47.0 Å². The van der Waals surface area contributed by atoms with Crippen LogP contribution < -0.4 is 20.3 Å². The third-order valence-electron chi connectivity index (χ3n) is 5.54. The van der Waals surface area contributed by atoms with E-state index in [-0.39, 0.29) is 18.2 Å². The van der Waals surface area contributed by atoms with Gasteiger partial charge in [-0.05, 0) is 37.5 Å². The Bertz CT molecular complexity index is 1020. The molecule has 0 radical (unpaired) electrons. The van der Waals surface area contributed by atoms with Crippen molar-refractivity contribution in [1.29, 1.82) is 0 Å². The quantitative estimate of drug-likeness (QED) is 0.571. The number of urea groups is 1. The van der Waals surface area contributed by atoms with Gasteiger partial charge >= 0.3 is 6.03 Å². The molecule has 3 amide bonds. The number of rotatable bonds is 9. The number of hydrogen-bond acceptors (Lipinski definition) is 5. The maximum absolute atomic E-state index is 13.4. The highest BCUT2D eigenvalue weighted by Gasteiger charge is 2.58. The van der Waals surface area contributed by atoms with Crippen LogP contribution in [0, 0.1) is 6.92 Å². The second-order valence-electron chi connectivity index (χ2n) is 8.06. The number of halogens is 2. The van der Waals surface area contributed by atoms with Crippen LogP contribution >= 0.6 is 0 Å². The summed E-state index contributed by atoms with van der Waals surface area (Å²) in [4.78, 5) is 36.0. The van der Waals surface area contributed by atoms with Crippen LogP contribution in [0.4, 0.5) is 25.2 Å². The summed E-state index contributed by atoms with van der Waals surface area (Å²) >= 11 is 0. The van der Waals surface area contributed by atoms with Crippen molar-refractivity contribution in [2.24, 2.45) is 0 Å². The molecule has 2 atom stereocenters. The number of aromatic nitrogens is 2. The molecule has 2 aromatic heterocycles. The first-order valence-electron chi connectivity index (χ1n) is 11.0. The first-order valence-corrected chi connectivity index (χ1v) is 11.0. The summed E-state index contributed by atoms with van der Waals surface area (Å²) in [6, 6.07) is 4.54. The van der Waals surface area contributed by atoms with Crippen molar-refractivity contribution < 1.29 is 23.1 Å². The van der Waals surface area contributed by atoms with Gasteiger partial charge in [-0.15, -0.1) is 0 Å². The molecule has 8 nitrogen and oxygen atoms in total. The van der Waals surface area contributed by atoms with E-state index in [0.29, 0.717) is 35.8 Å². The van der Waals surface area contributed by atoms with E-state index >= 15 is 0 Å². The second-order valence-corrected chi connectivity index (χ2v) is 8.06. The van der Waals surface area contributed by atoms with Crippen LogP contribution in [0.25, 0.3) is 0 Å². The molecule has 2 N–H and O–H groups in total. The van der Waals surface area contributed by atoms with Gasteiger partial charge in [0.15, 0.2) is 0 Å². The molecule has 0 bridgehead atoms. The minimum Gasteiger partial charge on any atom is -0.497 e. The fourth-order valence-electron chi connectivity index (χ4n) is 3.55. The van der Waals surface area contributed by atoms with Gasteiger partial charge in [-0.3, -0.25) is 15.0 Å². The number of methoxy groups -OCH3 is 1. The van der Waals surface area contributed by atoms with Gasteiger partial charge in [-0.25, -0.2) is 23.5 Å². The Morgan fingerprint density at radius 2 is 2.03 bits per heavy atom. The Morgan fingerprint density at radius 1 is 1.30 bits per heavy atom. The maximum Gasteiger partial charge on any atom is 0.328 e. The van der Waals surface area contributed by atoms with Crippen molar-refractivity contribution in [3.8, 4) is 5.75 Å². The summed E-state index contributed by atoms with van der Waals surface area (Å²) in [6.45, 7) is 5.76. The highest BCUT2D eigenvalue weighted by atomic mass is 19.3. The van der Waals surface area contributed by atoms with Crippen molar-refractivity contribution in [1.82, 2.24) is 15.3 Å². The van der Waals surface area contributed by atoms with Crippen molar-refractivity contribution in [3.05, 3.63) is 41.7 Å². The van der Waals surface area contributed by atoms with E-state index in [1.54, 1.807) is 25.1 Å². The lowest BCUT2D eigenvalue weighted by Gasteiger charge is -2.31. The summed E-state index contributed by atoms with van der Waals surface area (Å²) in [7, 11) is 1.52. The number of nitrogens with zero attached hydrogens (tertiary/aromatic N) is 3. The highest BCUT2D eigenvalue weighted by Crippen LogP contribution is 2.41. The number of anilines is 2. The first-order chi connectivity index (χ1) is 15.7. The number of nitrogens with one attached hydrogen (secondary N) is 2. The number of aryl methyl sites for hydroxylation is 1. The molecule has 10 heteroatoms. The fraction of sp³-hybridized carbons (Fsp3) is 0.478. The molecule has 3 rings (SSSR count). The largest absolute Gasteiger partial charge is 0.497 e. The molecule has 0 saturated heterocycles. The van der Waals surface area contributed by atoms with Gasteiger partial charge in [0.25, 0.3) is 11.8 Å². The monoisotopic (exact) mass is 461 g/mol. The maximum atomic E-state index is 13.4. The van der Waals surface area contributed by atoms with Crippen LogP contribution in [0.5, 0.6) is 5.75 Å². The molecule has 1 saturated carbocycles. The van der Waals surface area contributed by atoms with E-state index in [1.165, 1.54) is 24.3 Å². The SMILES string of the molecule is CCC[C@@H](CC)N(C(=O)Nc1cc(OC)ccn1)c1nc(C(=O)NC2CC2(F)F)ccc1C. The second kappa shape index (κ2) is 10.1. The van der Waals surface area contributed by atoms with E-state index in [1.807, 2.05) is 13.8 Å². The molecule has 0 aromatic carbocycles. The first kappa shape index (κ1) is 24.3. The lowest BCUT2D eigenvalue weighted by molar-refractivity contribution is 0.0845. The lowest BCUT2D eigenvalue weighted by Crippen LogP contribution is -2.44. The average Bonchev–Trinajstić information content (AvgIpc) is 3.39. The third-order valence-corrected chi connectivity index (χ3v) is 5.54. The normalized spacial score (nSPS) is 17.1. The van der Waals surface area contributed by atoms with Crippen LogP contribution in [0.2, 0.25) is 0 Å². The number of amides is 3. The van der Waals surface area contributed by atoms with Crippen LogP contribution in [0.15, 0.2) is 30.5 Å². The molecule has 2 heterocycles. The van der Waals surface area contributed by atoms with Crippen molar-refractivity contribution in [2.75, 3.05) is 17.3 Å². The molecule has 2 aromatic rings. The Kier molecular flexibility index (Phi) is 7.45. The highest BCUT2D eigenvalue weighted by molar-refractivity contribution is 6.02. The molecule has 0 aliphatic heterocycles. The fourth-order valence-corrected chi connectivity index (χ4v) is 3.55. The van der Waals surface area contributed by atoms with E-state index in [9.17, 15) is 18.4 Å². The molecular weight excluding hydrogens is 432 g/mol. The zero-order valence-corrected chi connectivity index (χ0v) is 19.2. The number of carbonyl (C=O) groups is 2. The molecule has 1 aliphatic rings. The minimum atomic E-state index is -2.88. The Hall–Kier alpha value is -3.30. The number of alkyl halides is 2. The molecule has 178 valence electrons. The molecule has 1 aliphatic carbocycles. The van der Waals surface area contributed by atoms with Gasteiger partial charge in [0.05, 0.1) is 13.2 Å². The predicted octanol–water partition coefficient (Wildman–Crippen LogP) is 4.55. The molecule has 0 spiro atoms. The van der Waals surface area contributed by atoms with Crippen molar-refractivity contribution >= 4 is 23.6 Å². The average molecular weight is 462 g/mol. The summed E-state index contributed by atoms with van der Waals surface area (Å²) in [5.41, 5.74) is 0.647. The van der Waals surface area contributed by atoms with E-state index in [0.717, 1.165) is 6.42 Å². The van der Waals surface area contributed by atoms with Gasteiger partial charge in [-0.1, -0.05) is 26.3 Å². The Balaban J connectivity index is 1.92. The predicted molar refractivity (Wildman–Crippen MR) is 121 cm³/mol. The summed E-state index contributed by atoms with van der Waals surface area (Å²) in [5, 5.41) is 5.08. The molecular formula is C23H29F2N5O3. The van der Waals surface area contributed by atoms with Crippen LogP contribution in [0.1, 0.15) is 55.6 Å². The van der Waals surface area contributed by atoms with E-state index in [2.05, 4.69) is 20.6 Å². The van der Waals surface area contributed by atoms with Crippen LogP contribution in [0.3, 0.4) is 0 Å². The molecule has 33 heavy (non-hydrogen) atoms. The standard InChI is InChI=1S/C23H29F2N5O3/c1-5-7-15(6-2)30(22(32)29-19-12-16(33-4)10-11-26-19)20-14(3)8-9-17(27-20)21(31)28-18-13-23(18,24)25/h8-12,15,18H,5-7,13H2,1-4H3,(H,28,31)(H,26,29,32)/t15-,18?/m1/s1. The Labute approximate surface area is 191 Å². The zero-order chi connectivity index (χ0) is 24.2. The van der Waals surface area contributed by atoms with Gasteiger partial charge in [-0.2, -0.15) is 0 Å². The van der Waals surface area contributed by atoms with E-state index < -0.39 is 23.9 Å². The van der Waals surface area contributed by atoms with Crippen molar-refractivity contribution in [3.63, 3.8) is 0 Å². The third kappa shape index (κ3) is 5.74. The molecule has 1 unspecified atom stereocenters. The zero-order valence-electron chi connectivity index (χ0n) is 19.2. The van der Waals surface area contributed by atoms with Gasteiger partial charge in [0.2, 0.25) is 0 Å². The van der Waals surface area contributed by atoms with Crippen LogP contribution in [-0.2, 0) is 0 Å². The van der Waals surface area contributed by atoms with Gasteiger partial charge in [0, 0.05) is 24.7 Å². The van der Waals surface area contributed by atoms with Gasteiger partial charge in [0.1, 0.15) is 23.1 Å². The minimum absolute atomic E-state index is 0.0260. The van der Waals surface area contributed by atoms with Crippen molar-refractivity contribution in [2.45, 2.75) is 64.5 Å². The number of pyridine rings is 2. The number of ether oxygens (including phenoxy) is 1. The topological polar surface area (TPSA) is 96.5 Å². The summed E-state index contributed by atoms with van der Waals surface area (Å²) in [6.07, 6.45) is 3.33. The smallest absolute Gasteiger partial charge is 0.328 e. The van der Waals surface area contributed by atoms with Gasteiger partial charge < -0.3 is 10.1 Å².